The summed E-state index contributed by atoms with van der Waals surface area (Å²) in [6.07, 6.45) is 1.92. The van der Waals surface area contributed by atoms with Crippen LogP contribution in [0.1, 0.15) is 70.2 Å². The Labute approximate surface area is 267 Å². The standard InChI is InChI=1S/C38H45N3O4/c1-6-8-24-41(36(43)33(25-28-14-10-9-11-15-28)40-37(44)45-38(3,4)5)34(30-20-18-27(7-2)19-21-30)35(42)39-32-23-22-29-16-12-13-17-31(29)26-32/h9-23,26,33-34H,6-8,24-25H2,1-5H3,(H,39,42)(H,40,44). The zero-order chi connectivity index (χ0) is 32.4. The highest BCUT2D eigenvalue weighted by atomic mass is 16.6. The van der Waals surface area contributed by atoms with Gasteiger partial charge in [0.05, 0.1) is 0 Å². The second kappa shape index (κ2) is 15.4. The molecule has 0 saturated carbocycles. The van der Waals surface area contributed by atoms with Crippen LogP contribution < -0.4 is 10.6 Å². The van der Waals surface area contributed by atoms with Crippen LogP contribution in [0.15, 0.2) is 97.1 Å². The Hall–Kier alpha value is -4.65. The molecule has 45 heavy (non-hydrogen) atoms. The lowest BCUT2D eigenvalue weighted by Crippen LogP contribution is -2.53. The Morgan fingerprint density at radius 2 is 1.47 bits per heavy atom. The second-order valence-electron chi connectivity index (χ2n) is 12.3. The first-order valence-corrected chi connectivity index (χ1v) is 15.8. The van der Waals surface area contributed by atoms with Crippen molar-refractivity contribution in [1.29, 1.82) is 0 Å². The Balaban J connectivity index is 1.74. The predicted molar refractivity (Wildman–Crippen MR) is 181 cm³/mol. The SMILES string of the molecule is CCCCN(C(=O)C(Cc1ccccc1)NC(=O)OC(C)(C)C)C(C(=O)Nc1ccc2ccccc2c1)c1ccc(CC)cc1. The minimum atomic E-state index is -0.954. The summed E-state index contributed by atoms with van der Waals surface area (Å²) < 4.78 is 5.55. The molecule has 0 aliphatic carbocycles. The van der Waals surface area contributed by atoms with Gasteiger partial charge in [-0.2, -0.15) is 0 Å². The van der Waals surface area contributed by atoms with Gasteiger partial charge in [-0.25, -0.2) is 4.79 Å². The molecule has 0 bridgehead atoms. The summed E-state index contributed by atoms with van der Waals surface area (Å²) >= 11 is 0. The van der Waals surface area contributed by atoms with Crippen molar-refractivity contribution in [2.45, 2.75) is 78.0 Å². The summed E-state index contributed by atoms with van der Waals surface area (Å²) in [5, 5.41) is 7.99. The highest BCUT2D eigenvalue weighted by molar-refractivity contribution is 6.00. The van der Waals surface area contributed by atoms with E-state index in [4.69, 9.17) is 4.74 Å². The first-order valence-electron chi connectivity index (χ1n) is 15.8. The summed E-state index contributed by atoms with van der Waals surface area (Å²) in [6.45, 7) is 9.79. The number of nitrogens with one attached hydrogen (secondary N) is 2. The van der Waals surface area contributed by atoms with Gasteiger partial charge < -0.3 is 20.3 Å². The van der Waals surface area contributed by atoms with E-state index in [2.05, 4.69) is 17.6 Å². The van der Waals surface area contributed by atoms with Gasteiger partial charge in [0.25, 0.3) is 5.91 Å². The van der Waals surface area contributed by atoms with Gasteiger partial charge in [0.2, 0.25) is 5.91 Å². The summed E-state index contributed by atoms with van der Waals surface area (Å²) in [4.78, 5) is 43.5. The van der Waals surface area contributed by atoms with Crippen molar-refractivity contribution in [2.75, 3.05) is 11.9 Å². The fraction of sp³-hybridized carbons (Fsp3) is 0.342. The lowest BCUT2D eigenvalue weighted by Gasteiger charge is -2.34. The molecule has 0 aromatic heterocycles. The lowest BCUT2D eigenvalue weighted by molar-refractivity contribution is -0.140. The lowest BCUT2D eigenvalue weighted by atomic mass is 9.98. The van der Waals surface area contributed by atoms with Gasteiger partial charge in [-0.3, -0.25) is 9.59 Å². The highest BCUT2D eigenvalue weighted by Gasteiger charge is 2.36. The monoisotopic (exact) mass is 607 g/mol. The predicted octanol–water partition coefficient (Wildman–Crippen LogP) is 7.85. The van der Waals surface area contributed by atoms with Crippen molar-refractivity contribution < 1.29 is 19.1 Å². The Morgan fingerprint density at radius 3 is 2.11 bits per heavy atom. The molecule has 2 atom stereocenters. The summed E-state index contributed by atoms with van der Waals surface area (Å²) in [7, 11) is 0. The molecule has 4 rings (SSSR count). The van der Waals surface area contributed by atoms with Gasteiger partial charge in [0.15, 0.2) is 0 Å². The van der Waals surface area contributed by atoms with E-state index in [1.807, 2.05) is 104 Å². The van der Waals surface area contributed by atoms with E-state index in [-0.39, 0.29) is 18.2 Å². The van der Waals surface area contributed by atoms with Crippen LogP contribution in [0.4, 0.5) is 10.5 Å². The fourth-order valence-electron chi connectivity index (χ4n) is 5.28. The van der Waals surface area contributed by atoms with Crippen molar-refractivity contribution in [3.05, 3.63) is 114 Å². The number of alkyl carbamates (subject to hydrolysis) is 1. The average Bonchev–Trinajstić information content (AvgIpc) is 3.02. The molecule has 2 unspecified atom stereocenters. The zero-order valence-corrected chi connectivity index (χ0v) is 27.0. The second-order valence-corrected chi connectivity index (χ2v) is 12.3. The summed E-state index contributed by atoms with van der Waals surface area (Å²) in [6, 6.07) is 29.2. The molecule has 0 fully saturated rings. The minimum absolute atomic E-state index is 0.245. The number of aryl methyl sites for hydroxylation is 1. The minimum Gasteiger partial charge on any atom is -0.444 e. The van der Waals surface area contributed by atoms with Gasteiger partial charge in [0, 0.05) is 18.7 Å². The number of hydrogen-bond donors (Lipinski definition) is 2. The van der Waals surface area contributed by atoms with E-state index in [1.165, 1.54) is 0 Å². The van der Waals surface area contributed by atoms with Crippen LogP contribution in [0.25, 0.3) is 10.8 Å². The third-order valence-corrected chi connectivity index (χ3v) is 7.59. The third-order valence-electron chi connectivity index (χ3n) is 7.59. The molecule has 0 spiro atoms. The van der Waals surface area contributed by atoms with Crippen molar-refractivity contribution in [2.24, 2.45) is 0 Å². The maximum Gasteiger partial charge on any atom is 0.408 e. The number of unbranched alkanes of at least 4 members (excludes halogenated alkanes) is 1. The van der Waals surface area contributed by atoms with E-state index < -0.39 is 23.8 Å². The Morgan fingerprint density at radius 1 is 0.800 bits per heavy atom. The topological polar surface area (TPSA) is 87.7 Å². The molecule has 0 radical (unpaired) electrons. The van der Waals surface area contributed by atoms with E-state index in [1.54, 1.807) is 25.7 Å². The van der Waals surface area contributed by atoms with Crippen LogP contribution in [-0.4, -0.2) is 41.0 Å². The van der Waals surface area contributed by atoms with E-state index >= 15 is 0 Å². The summed E-state index contributed by atoms with van der Waals surface area (Å²) in [5.74, 6) is -0.675. The molecule has 0 heterocycles. The maximum absolute atomic E-state index is 14.6. The molecular formula is C38H45N3O4. The van der Waals surface area contributed by atoms with Crippen molar-refractivity contribution >= 4 is 34.4 Å². The molecule has 2 N–H and O–H groups in total. The number of amides is 3. The number of hydrogen-bond acceptors (Lipinski definition) is 4. The van der Waals surface area contributed by atoms with Gasteiger partial charge in [0.1, 0.15) is 17.7 Å². The quantitative estimate of drug-likeness (QED) is 0.172. The summed E-state index contributed by atoms with van der Waals surface area (Å²) in [5.41, 5.74) is 2.62. The van der Waals surface area contributed by atoms with Crippen LogP contribution in [-0.2, 0) is 27.2 Å². The number of rotatable bonds is 12. The molecule has 7 nitrogen and oxygen atoms in total. The molecule has 7 heteroatoms. The first-order chi connectivity index (χ1) is 21.6. The largest absolute Gasteiger partial charge is 0.444 e. The molecule has 0 saturated heterocycles. The van der Waals surface area contributed by atoms with Crippen molar-refractivity contribution in [1.82, 2.24) is 10.2 Å². The van der Waals surface area contributed by atoms with Gasteiger partial charge in [-0.1, -0.05) is 105 Å². The maximum atomic E-state index is 14.6. The van der Waals surface area contributed by atoms with Crippen molar-refractivity contribution in [3.63, 3.8) is 0 Å². The number of anilines is 1. The van der Waals surface area contributed by atoms with Gasteiger partial charge in [-0.05, 0) is 73.2 Å². The average molecular weight is 608 g/mol. The van der Waals surface area contributed by atoms with Crippen molar-refractivity contribution in [3.8, 4) is 0 Å². The highest BCUT2D eigenvalue weighted by Crippen LogP contribution is 2.27. The molecule has 0 aliphatic rings. The Bertz CT molecular complexity index is 1580. The van der Waals surface area contributed by atoms with Crippen LogP contribution >= 0.6 is 0 Å². The molecule has 0 aliphatic heterocycles. The molecule has 4 aromatic carbocycles. The van der Waals surface area contributed by atoms with E-state index in [0.29, 0.717) is 24.2 Å². The van der Waals surface area contributed by atoms with Crippen LogP contribution in [0.2, 0.25) is 0 Å². The third kappa shape index (κ3) is 9.42. The number of carbonyl (C=O) groups excluding carboxylic acids is 3. The van der Waals surface area contributed by atoms with E-state index in [0.717, 1.165) is 34.7 Å². The normalized spacial score (nSPS) is 12.6. The number of carbonyl (C=O) groups is 3. The number of ether oxygens (including phenoxy) is 1. The van der Waals surface area contributed by atoms with Crippen LogP contribution in [0.3, 0.4) is 0 Å². The molecular weight excluding hydrogens is 562 g/mol. The first kappa shape index (κ1) is 33.2. The van der Waals surface area contributed by atoms with Crippen LogP contribution in [0.5, 0.6) is 0 Å². The van der Waals surface area contributed by atoms with Gasteiger partial charge >= 0.3 is 6.09 Å². The smallest absolute Gasteiger partial charge is 0.408 e. The Kier molecular flexibility index (Phi) is 11.4. The van der Waals surface area contributed by atoms with Gasteiger partial charge in [-0.15, -0.1) is 0 Å². The molecule has 236 valence electrons. The number of benzene rings is 4. The fourth-order valence-corrected chi connectivity index (χ4v) is 5.28. The van der Waals surface area contributed by atoms with Crippen LogP contribution in [0, 0.1) is 0 Å². The molecule has 4 aromatic rings. The number of nitrogens with zero attached hydrogens (tertiary/aromatic N) is 1. The molecule has 3 amide bonds. The number of fused-ring (bicyclic) bond motifs is 1. The van der Waals surface area contributed by atoms with E-state index in [9.17, 15) is 14.4 Å². The zero-order valence-electron chi connectivity index (χ0n) is 27.0.